The second kappa shape index (κ2) is 7.46. The van der Waals surface area contributed by atoms with Crippen LogP contribution in [0.25, 0.3) is 10.8 Å². The second-order valence-electron chi connectivity index (χ2n) is 5.58. The van der Waals surface area contributed by atoms with Gasteiger partial charge in [0, 0.05) is 18.1 Å². The fourth-order valence-electron chi connectivity index (χ4n) is 2.74. The predicted octanol–water partition coefficient (Wildman–Crippen LogP) is 4.37. The Hall–Kier alpha value is -3.39. The normalized spacial score (nSPS) is 14.1. The quantitative estimate of drug-likeness (QED) is 0.387. The number of nitro groups is 1. The lowest BCUT2D eigenvalue weighted by Crippen LogP contribution is -2.18. The predicted molar refractivity (Wildman–Crippen MR) is 105 cm³/mol. The Morgan fingerprint density at radius 3 is 2.33 bits per heavy atom. The molecule has 3 rings (SSSR count). The largest absolute Gasteiger partial charge is 0.489 e. The zero-order chi connectivity index (χ0) is 19.4. The van der Waals surface area contributed by atoms with Crippen LogP contribution in [0.1, 0.15) is 0 Å². The Morgan fingerprint density at radius 2 is 1.67 bits per heavy atom. The van der Waals surface area contributed by atoms with Crippen molar-refractivity contribution in [3.63, 3.8) is 0 Å². The number of rotatable bonds is 5. The van der Waals surface area contributed by atoms with Crippen LogP contribution in [0.5, 0.6) is 0 Å². The molecular weight excluding hydrogens is 366 g/mol. The second-order valence-corrected chi connectivity index (χ2v) is 7.86. The van der Waals surface area contributed by atoms with Crippen molar-refractivity contribution in [1.82, 2.24) is 0 Å². The van der Waals surface area contributed by atoms with Gasteiger partial charge in [0.05, 0.1) is 9.82 Å². The van der Waals surface area contributed by atoms with Crippen LogP contribution < -0.4 is 5.32 Å². The minimum atomic E-state index is -3.63. The minimum absolute atomic E-state index is 0.144. The first-order chi connectivity index (χ1) is 13.0. The van der Waals surface area contributed by atoms with Gasteiger partial charge in [-0.15, -0.1) is 0 Å². The molecule has 0 fully saturated rings. The third-order valence-electron chi connectivity index (χ3n) is 3.99. The summed E-state index contributed by atoms with van der Waals surface area (Å²) in [7, 11) is -2.40. The molecular formula is C19H17N3O4S. The molecule has 3 aromatic carbocycles. The SMILES string of the molecule is CN=S(=O)(C(=C(O)Nc1cccc2ccccc12)[N+](=O)[O-])c1ccccc1. The zero-order valence-corrected chi connectivity index (χ0v) is 15.2. The molecule has 0 radical (unpaired) electrons. The molecule has 1 atom stereocenters. The molecule has 138 valence electrons. The summed E-state index contributed by atoms with van der Waals surface area (Å²) in [4.78, 5) is 11.0. The van der Waals surface area contributed by atoms with Gasteiger partial charge in [-0.05, 0) is 23.6 Å². The standard InChI is InChI=1S/C19H17N3O4S/c1-20-27(26,15-10-3-2-4-11-15)19(22(24)25)18(23)21-17-13-7-9-14-8-5-6-12-16(14)17/h2-13,21,23H,1H3. The summed E-state index contributed by atoms with van der Waals surface area (Å²) >= 11 is 0. The molecule has 0 aliphatic carbocycles. The third-order valence-corrected chi connectivity index (χ3v) is 6.28. The van der Waals surface area contributed by atoms with Gasteiger partial charge in [0.1, 0.15) is 0 Å². The van der Waals surface area contributed by atoms with E-state index in [-0.39, 0.29) is 4.90 Å². The van der Waals surface area contributed by atoms with Crippen LogP contribution in [-0.4, -0.2) is 21.3 Å². The number of fused-ring (bicyclic) bond motifs is 1. The Morgan fingerprint density at radius 1 is 1.04 bits per heavy atom. The summed E-state index contributed by atoms with van der Waals surface area (Å²) < 4.78 is 17.1. The van der Waals surface area contributed by atoms with Crippen molar-refractivity contribution in [3.8, 4) is 0 Å². The maximum Gasteiger partial charge on any atom is 0.404 e. The van der Waals surface area contributed by atoms with Gasteiger partial charge in [0.25, 0.3) is 5.88 Å². The van der Waals surface area contributed by atoms with Crippen LogP contribution in [0.3, 0.4) is 0 Å². The fraction of sp³-hybridized carbons (Fsp3) is 0.0526. The first-order valence-electron chi connectivity index (χ1n) is 8.00. The van der Waals surface area contributed by atoms with Gasteiger partial charge >= 0.3 is 5.03 Å². The molecule has 8 heteroatoms. The monoisotopic (exact) mass is 383 g/mol. The molecule has 0 bridgehead atoms. The van der Waals surface area contributed by atoms with Crippen LogP contribution in [0.4, 0.5) is 5.69 Å². The van der Waals surface area contributed by atoms with E-state index in [1.807, 2.05) is 30.3 Å². The smallest absolute Gasteiger partial charge is 0.404 e. The molecule has 0 spiro atoms. The zero-order valence-electron chi connectivity index (χ0n) is 14.4. The van der Waals surface area contributed by atoms with Crippen LogP contribution in [-0.2, 0) is 9.73 Å². The first kappa shape index (κ1) is 18.4. The Kier molecular flexibility index (Phi) is 5.09. The van der Waals surface area contributed by atoms with Gasteiger partial charge in [-0.3, -0.25) is 10.1 Å². The van der Waals surface area contributed by atoms with Crippen LogP contribution in [0, 0.1) is 10.1 Å². The van der Waals surface area contributed by atoms with E-state index < -0.39 is 25.6 Å². The summed E-state index contributed by atoms with van der Waals surface area (Å²) in [5, 5.41) is 25.6. The Balaban J connectivity index is 2.17. The summed E-state index contributed by atoms with van der Waals surface area (Å²) in [6.07, 6.45) is 0. The average molecular weight is 383 g/mol. The van der Waals surface area contributed by atoms with E-state index in [4.69, 9.17) is 0 Å². The molecule has 1 unspecified atom stereocenters. The number of hydrogen-bond acceptors (Lipinski definition) is 6. The lowest BCUT2D eigenvalue weighted by atomic mass is 10.1. The average Bonchev–Trinajstić information content (AvgIpc) is 2.68. The van der Waals surface area contributed by atoms with Crippen molar-refractivity contribution in [2.45, 2.75) is 4.90 Å². The van der Waals surface area contributed by atoms with Gasteiger partial charge in [-0.2, -0.15) is 0 Å². The van der Waals surface area contributed by atoms with Gasteiger partial charge in [0.2, 0.25) is 0 Å². The third kappa shape index (κ3) is 3.47. The number of hydrogen-bond donors (Lipinski definition) is 2. The molecule has 27 heavy (non-hydrogen) atoms. The summed E-state index contributed by atoms with van der Waals surface area (Å²) in [5.41, 5.74) is 0.455. The topological polar surface area (TPSA) is 105 Å². The van der Waals surface area contributed by atoms with Gasteiger partial charge in [0.15, 0.2) is 9.73 Å². The Bertz CT molecular complexity index is 1140. The van der Waals surface area contributed by atoms with E-state index in [2.05, 4.69) is 9.68 Å². The summed E-state index contributed by atoms with van der Waals surface area (Å²) in [6.45, 7) is 0. The van der Waals surface area contributed by atoms with Crippen molar-refractivity contribution in [3.05, 3.63) is 93.8 Å². The van der Waals surface area contributed by atoms with E-state index in [9.17, 15) is 19.4 Å². The number of aliphatic hydroxyl groups is 1. The van der Waals surface area contributed by atoms with Crippen LogP contribution in [0.15, 0.2) is 93.0 Å². The van der Waals surface area contributed by atoms with Crippen molar-refractivity contribution < 1.29 is 14.2 Å². The molecule has 0 saturated heterocycles. The molecule has 7 nitrogen and oxygen atoms in total. The Labute approximate surface area is 156 Å². The highest BCUT2D eigenvalue weighted by molar-refractivity contribution is 7.97. The highest BCUT2D eigenvalue weighted by Gasteiger charge is 2.34. The van der Waals surface area contributed by atoms with Crippen molar-refractivity contribution in [2.24, 2.45) is 4.36 Å². The van der Waals surface area contributed by atoms with Crippen molar-refractivity contribution in [1.29, 1.82) is 0 Å². The molecule has 3 aromatic rings. The lowest BCUT2D eigenvalue weighted by Gasteiger charge is -2.12. The van der Waals surface area contributed by atoms with E-state index in [0.717, 1.165) is 10.8 Å². The number of benzene rings is 3. The number of aliphatic hydroxyl groups excluding tert-OH is 1. The summed E-state index contributed by atoms with van der Waals surface area (Å²) in [6, 6.07) is 20.5. The molecule has 0 saturated carbocycles. The van der Waals surface area contributed by atoms with Gasteiger partial charge in [-0.1, -0.05) is 54.6 Å². The number of nitrogens with zero attached hydrogens (tertiary/aromatic N) is 2. The first-order valence-corrected chi connectivity index (χ1v) is 9.51. The molecule has 2 N–H and O–H groups in total. The molecule has 0 amide bonds. The number of anilines is 1. The van der Waals surface area contributed by atoms with E-state index in [0.29, 0.717) is 5.69 Å². The highest BCUT2D eigenvalue weighted by Crippen LogP contribution is 2.28. The van der Waals surface area contributed by atoms with E-state index >= 15 is 0 Å². The van der Waals surface area contributed by atoms with Crippen molar-refractivity contribution >= 4 is 26.2 Å². The molecule has 0 heterocycles. The van der Waals surface area contributed by atoms with Crippen LogP contribution >= 0.6 is 0 Å². The van der Waals surface area contributed by atoms with E-state index in [1.54, 1.807) is 30.3 Å². The van der Waals surface area contributed by atoms with E-state index in [1.165, 1.54) is 19.2 Å². The molecule has 0 aliphatic heterocycles. The lowest BCUT2D eigenvalue weighted by molar-refractivity contribution is -0.414. The minimum Gasteiger partial charge on any atom is -0.489 e. The van der Waals surface area contributed by atoms with Crippen LogP contribution in [0.2, 0.25) is 0 Å². The van der Waals surface area contributed by atoms with Gasteiger partial charge in [-0.25, -0.2) is 8.57 Å². The highest BCUT2D eigenvalue weighted by atomic mass is 32.2. The molecule has 0 aromatic heterocycles. The molecule has 0 aliphatic rings. The fourth-order valence-corrected chi connectivity index (χ4v) is 4.39. The maximum absolute atomic E-state index is 13.3. The van der Waals surface area contributed by atoms with Crippen molar-refractivity contribution in [2.75, 3.05) is 12.4 Å². The summed E-state index contributed by atoms with van der Waals surface area (Å²) in [5.74, 6) is -0.809. The number of nitrogens with one attached hydrogen (secondary N) is 1. The van der Waals surface area contributed by atoms with Gasteiger partial charge < -0.3 is 10.4 Å². The maximum atomic E-state index is 13.3.